The zero-order valence-corrected chi connectivity index (χ0v) is 15.0. The molecule has 1 aliphatic rings. The Morgan fingerprint density at radius 3 is 2.48 bits per heavy atom. The Balaban J connectivity index is 1.58. The first-order valence-electron chi connectivity index (χ1n) is 8.72. The molecule has 2 heterocycles. The smallest absolute Gasteiger partial charge is 0.347 e. The van der Waals surface area contributed by atoms with Crippen molar-refractivity contribution in [3.63, 3.8) is 0 Å². The van der Waals surface area contributed by atoms with Gasteiger partial charge in [-0.05, 0) is 36.4 Å². The second-order valence-electron chi connectivity index (χ2n) is 6.19. The number of hydrogen-bond acceptors (Lipinski definition) is 6. The van der Waals surface area contributed by atoms with Crippen LogP contribution in [-0.4, -0.2) is 16.9 Å². The highest BCUT2D eigenvalue weighted by Crippen LogP contribution is 2.28. The van der Waals surface area contributed by atoms with Crippen molar-refractivity contribution in [3.8, 4) is 11.5 Å². The fraction of sp³-hybridized carbons (Fsp3) is 0. The molecule has 2 aromatic carbocycles. The van der Waals surface area contributed by atoms with E-state index in [9.17, 15) is 19.5 Å². The first-order chi connectivity index (χ1) is 14.1. The van der Waals surface area contributed by atoms with E-state index in [1.165, 1.54) is 30.4 Å². The number of aromatic hydroxyl groups is 1. The molecule has 0 saturated heterocycles. The SMILES string of the molecule is O=C1Oc2ccccc2C(=O)/C1=C/C=CC=Cc1c(O)c2ccccc2oc1=O. The molecular weight excluding hydrogens is 372 g/mol. The minimum absolute atomic E-state index is 0.00285. The Morgan fingerprint density at radius 2 is 1.62 bits per heavy atom. The van der Waals surface area contributed by atoms with E-state index in [4.69, 9.17) is 9.15 Å². The molecule has 1 aromatic heterocycles. The molecule has 1 N–H and O–H groups in total. The molecule has 29 heavy (non-hydrogen) atoms. The average molecular weight is 386 g/mol. The molecule has 0 radical (unpaired) electrons. The third kappa shape index (κ3) is 3.39. The largest absolute Gasteiger partial charge is 0.506 e. The number of esters is 1. The molecule has 0 fully saturated rings. The number of carbonyl (C=O) groups excluding carboxylic acids is 2. The lowest BCUT2D eigenvalue weighted by Crippen LogP contribution is -2.24. The molecule has 6 nitrogen and oxygen atoms in total. The standard InChI is InChI=1S/C23H14O6/c24-20-14-8-4-6-12-18(14)28-22(26)16(20)10-2-1-3-11-17-21(25)15-9-5-7-13-19(15)29-23(17)27/h1-13,24H/b3-1?,10-2?,17-11-. The average Bonchev–Trinajstić information content (AvgIpc) is 2.72. The number of Topliss-reactive ketones (excluding diaryl/α,β-unsaturated/α-hetero) is 1. The molecule has 4 rings (SSSR count). The Bertz CT molecular complexity index is 1290. The zero-order valence-electron chi connectivity index (χ0n) is 15.0. The number of carbonyl (C=O) groups is 2. The summed E-state index contributed by atoms with van der Waals surface area (Å²) in [5.41, 5.74) is -0.153. The molecule has 142 valence electrons. The lowest BCUT2D eigenvalue weighted by atomic mass is 9.99. The maximum atomic E-state index is 12.4. The van der Waals surface area contributed by atoms with Crippen LogP contribution in [0.15, 0.2) is 87.6 Å². The van der Waals surface area contributed by atoms with Gasteiger partial charge < -0.3 is 14.3 Å². The number of ether oxygens (including phenoxy) is 1. The molecule has 0 saturated carbocycles. The topological polar surface area (TPSA) is 93.8 Å². The van der Waals surface area contributed by atoms with Gasteiger partial charge in [0.1, 0.15) is 28.2 Å². The van der Waals surface area contributed by atoms with Crippen molar-refractivity contribution >= 4 is 28.8 Å². The summed E-state index contributed by atoms with van der Waals surface area (Å²) in [6, 6.07) is 13.2. The van der Waals surface area contributed by atoms with Crippen LogP contribution in [0.25, 0.3) is 17.0 Å². The lowest BCUT2D eigenvalue weighted by Gasteiger charge is -2.15. The van der Waals surface area contributed by atoms with E-state index in [1.807, 2.05) is 0 Å². The van der Waals surface area contributed by atoms with Gasteiger partial charge in [0.05, 0.1) is 10.9 Å². The molecule has 1 aliphatic heterocycles. The quantitative estimate of drug-likeness (QED) is 0.184. The summed E-state index contributed by atoms with van der Waals surface area (Å²) in [6.45, 7) is 0. The Labute approximate surface area is 164 Å². The highest BCUT2D eigenvalue weighted by Gasteiger charge is 2.29. The molecule has 0 amide bonds. The van der Waals surface area contributed by atoms with Crippen LogP contribution in [0.5, 0.6) is 11.5 Å². The van der Waals surface area contributed by atoms with Gasteiger partial charge in [0, 0.05) is 0 Å². The molecular formula is C23H14O6. The highest BCUT2D eigenvalue weighted by molar-refractivity contribution is 6.27. The van der Waals surface area contributed by atoms with Crippen LogP contribution >= 0.6 is 0 Å². The van der Waals surface area contributed by atoms with E-state index in [2.05, 4.69) is 0 Å². The highest BCUT2D eigenvalue weighted by atomic mass is 16.5. The maximum absolute atomic E-state index is 12.4. The summed E-state index contributed by atoms with van der Waals surface area (Å²) in [4.78, 5) is 36.5. The van der Waals surface area contributed by atoms with Crippen molar-refractivity contribution in [3.05, 3.63) is 100.0 Å². The van der Waals surface area contributed by atoms with E-state index in [1.54, 1.807) is 48.5 Å². The van der Waals surface area contributed by atoms with E-state index >= 15 is 0 Å². The number of ketones is 1. The Morgan fingerprint density at radius 1 is 0.862 bits per heavy atom. The third-order valence-corrected chi connectivity index (χ3v) is 4.37. The predicted molar refractivity (Wildman–Crippen MR) is 107 cm³/mol. The third-order valence-electron chi connectivity index (χ3n) is 4.37. The number of fused-ring (bicyclic) bond motifs is 2. The lowest BCUT2D eigenvalue weighted by molar-refractivity contribution is -0.130. The van der Waals surface area contributed by atoms with Crippen molar-refractivity contribution in [2.75, 3.05) is 0 Å². The molecule has 3 aromatic rings. The maximum Gasteiger partial charge on any atom is 0.347 e. The van der Waals surface area contributed by atoms with Crippen LogP contribution < -0.4 is 10.4 Å². The van der Waals surface area contributed by atoms with Crippen LogP contribution in [0.1, 0.15) is 15.9 Å². The monoisotopic (exact) mass is 386 g/mol. The summed E-state index contributed by atoms with van der Waals surface area (Å²) < 4.78 is 10.3. The van der Waals surface area contributed by atoms with Crippen LogP contribution in [0, 0.1) is 0 Å². The van der Waals surface area contributed by atoms with Crippen molar-refractivity contribution < 1.29 is 23.8 Å². The zero-order chi connectivity index (χ0) is 20.4. The van der Waals surface area contributed by atoms with E-state index in [-0.39, 0.29) is 22.6 Å². The van der Waals surface area contributed by atoms with Crippen LogP contribution in [0.3, 0.4) is 0 Å². The van der Waals surface area contributed by atoms with Gasteiger partial charge in [-0.3, -0.25) is 4.79 Å². The van der Waals surface area contributed by atoms with Gasteiger partial charge in [-0.2, -0.15) is 0 Å². The number of rotatable bonds is 3. The van der Waals surface area contributed by atoms with Crippen molar-refractivity contribution in [2.45, 2.75) is 0 Å². The number of benzene rings is 2. The Hall–Kier alpha value is -4.19. The number of para-hydroxylation sites is 2. The minimum atomic E-state index is -0.727. The number of allylic oxidation sites excluding steroid dienone is 4. The summed E-state index contributed by atoms with van der Waals surface area (Å²) in [6.07, 6.45) is 7.21. The van der Waals surface area contributed by atoms with Crippen molar-refractivity contribution in [1.29, 1.82) is 0 Å². The first-order valence-corrected chi connectivity index (χ1v) is 8.72. The van der Waals surface area contributed by atoms with Crippen LogP contribution in [0.4, 0.5) is 0 Å². The number of hydrogen-bond donors (Lipinski definition) is 1. The Kier molecular flexibility index (Phi) is 4.66. The first kappa shape index (κ1) is 18.2. The van der Waals surface area contributed by atoms with E-state index in [0.29, 0.717) is 16.5 Å². The second-order valence-corrected chi connectivity index (χ2v) is 6.19. The van der Waals surface area contributed by atoms with Gasteiger partial charge in [-0.1, -0.05) is 42.5 Å². The molecule has 0 aliphatic carbocycles. The normalized spacial score (nSPS) is 15.4. The van der Waals surface area contributed by atoms with Crippen LogP contribution in [0.2, 0.25) is 0 Å². The van der Waals surface area contributed by atoms with Crippen molar-refractivity contribution in [1.82, 2.24) is 0 Å². The molecule has 0 unspecified atom stereocenters. The molecule has 6 heteroatoms. The predicted octanol–water partition coefficient (Wildman–Crippen LogP) is 3.80. The summed E-state index contributed by atoms with van der Waals surface area (Å²) in [7, 11) is 0. The minimum Gasteiger partial charge on any atom is -0.506 e. The summed E-state index contributed by atoms with van der Waals surface area (Å²) in [5.74, 6) is -1.09. The fourth-order valence-corrected chi connectivity index (χ4v) is 2.94. The van der Waals surface area contributed by atoms with Crippen LogP contribution in [-0.2, 0) is 4.79 Å². The van der Waals surface area contributed by atoms with E-state index < -0.39 is 17.4 Å². The van der Waals surface area contributed by atoms with Gasteiger partial charge in [0.2, 0.25) is 5.78 Å². The molecule has 0 bridgehead atoms. The second kappa shape index (κ2) is 7.44. The van der Waals surface area contributed by atoms with Gasteiger partial charge in [-0.15, -0.1) is 0 Å². The fourth-order valence-electron chi connectivity index (χ4n) is 2.94. The van der Waals surface area contributed by atoms with Gasteiger partial charge in [-0.25, -0.2) is 9.59 Å². The van der Waals surface area contributed by atoms with E-state index in [0.717, 1.165) is 0 Å². The van der Waals surface area contributed by atoms with Gasteiger partial charge in [0.15, 0.2) is 0 Å². The van der Waals surface area contributed by atoms with Gasteiger partial charge in [0.25, 0.3) is 0 Å². The molecule has 0 atom stereocenters. The molecule has 0 spiro atoms. The van der Waals surface area contributed by atoms with Crippen molar-refractivity contribution in [2.24, 2.45) is 0 Å². The van der Waals surface area contributed by atoms with Gasteiger partial charge >= 0.3 is 11.6 Å². The summed E-state index contributed by atoms with van der Waals surface area (Å²) >= 11 is 0. The summed E-state index contributed by atoms with van der Waals surface area (Å²) in [5, 5.41) is 10.7.